The summed E-state index contributed by atoms with van der Waals surface area (Å²) >= 11 is 0. The van der Waals surface area contributed by atoms with Crippen LogP contribution in [0.4, 0.5) is 0 Å². The number of aliphatic hydroxyl groups is 1. The summed E-state index contributed by atoms with van der Waals surface area (Å²) in [4.78, 5) is 11.5. The standard InChI is InChI=1S/C16H16O4/c1-19-14-8-6-11(7-9-14)15(17)12-4-3-5-13(10-12)16(18)20-2/h3-10,15,17H,1-2H3. The van der Waals surface area contributed by atoms with Gasteiger partial charge >= 0.3 is 5.97 Å². The minimum absolute atomic E-state index is 0.414. The van der Waals surface area contributed by atoms with Crippen LogP contribution in [0.15, 0.2) is 48.5 Å². The Morgan fingerprint density at radius 3 is 2.35 bits per heavy atom. The summed E-state index contributed by atoms with van der Waals surface area (Å²) in [5.74, 6) is 0.304. The second kappa shape index (κ2) is 6.21. The van der Waals surface area contributed by atoms with Crippen LogP contribution >= 0.6 is 0 Å². The Balaban J connectivity index is 2.27. The third kappa shape index (κ3) is 2.97. The van der Waals surface area contributed by atoms with Crippen LogP contribution < -0.4 is 4.74 Å². The molecule has 1 N–H and O–H groups in total. The average molecular weight is 272 g/mol. The van der Waals surface area contributed by atoms with Gasteiger partial charge in [0.05, 0.1) is 19.8 Å². The molecule has 20 heavy (non-hydrogen) atoms. The molecule has 2 aromatic carbocycles. The highest BCUT2D eigenvalue weighted by Crippen LogP contribution is 2.24. The van der Waals surface area contributed by atoms with Gasteiger partial charge in [0.1, 0.15) is 11.9 Å². The van der Waals surface area contributed by atoms with Crippen LogP contribution in [0.5, 0.6) is 5.75 Å². The molecule has 0 aliphatic carbocycles. The number of methoxy groups -OCH3 is 2. The normalized spacial score (nSPS) is 11.8. The van der Waals surface area contributed by atoms with E-state index in [-0.39, 0.29) is 0 Å². The van der Waals surface area contributed by atoms with Crippen molar-refractivity contribution in [2.24, 2.45) is 0 Å². The van der Waals surface area contributed by atoms with E-state index >= 15 is 0 Å². The summed E-state index contributed by atoms with van der Waals surface area (Å²) in [6, 6.07) is 13.9. The van der Waals surface area contributed by atoms with Crippen LogP contribution in [-0.2, 0) is 4.74 Å². The zero-order valence-corrected chi connectivity index (χ0v) is 11.4. The second-order valence-electron chi connectivity index (χ2n) is 4.29. The van der Waals surface area contributed by atoms with E-state index in [1.165, 1.54) is 7.11 Å². The van der Waals surface area contributed by atoms with Gasteiger partial charge in [-0.25, -0.2) is 4.79 Å². The van der Waals surface area contributed by atoms with Crippen LogP contribution in [-0.4, -0.2) is 25.3 Å². The van der Waals surface area contributed by atoms with E-state index in [1.807, 2.05) is 0 Å². The molecule has 0 fully saturated rings. The van der Waals surface area contributed by atoms with E-state index < -0.39 is 12.1 Å². The third-order valence-corrected chi connectivity index (χ3v) is 3.06. The lowest BCUT2D eigenvalue weighted by Crippen LogP contribution is -2.04. The predicted molar refractivity (Wildman–Crippen MR) is 74.8 cm³/mol. The van der Waals surface area contributed by atoms with Crippen molar-refractivity contribution < 1.29 is 19.4 Å². The first-order chi connectivity index (χ1) is 9.65. The van der Waals surface area contributed by atoms with Crippen molar-refractivity contribution in [2.75, 3.05) is 14.2 Å². The van der Waals surface area contributed by atoms with Crippen molar-refractivity contribution in [3.8, 4) is 5.75 Å². The number of carbonyl (C=O) groups is 1. The highest BCUT2D eigenvalue weighted by atomic mass is 16.5. The Morgan fingerprint density at radius 2 is 1.75 bits per heavy atom. The Bertz CT molecular complexity index is 590. The summed E-state index contributed by atoms with van der Waals surface area (Å²) in [6.45, 7) is 0. The zero-order chi connectivity index (χ0) is 14.5. The summed E-state index contributed by atoms with van der Waals surface area (Å²) in [5.41, 5.74) is 1.78. The van der Waals surface area contributed by atoms with Crippen LogP contribution in [0, 0.1) is 0 Å². The van der Waals surface area contributed by atoms with Gasteiger partial charge in [-0.05, 0) is 35.4 Å². The molecule has 0 saturated carbocycles. The molecular weight excluding hydrogens is 256 g/mol. The van der Waals surface area contributed by atoms with Gasteiger partial charge in [-0.15, -0.1) is 0 Å². The fourth-order valence-electron chi connectivity index (χ4n) is 1.93. The lowest BCUT2D eigenvalue weighted by molar-refractivity contribution is 0.0600. The molecule has 4 nitrogen and oxygen atoms in total. The summed E-state index contributed by atoms with van der Waals surface area (Å²) in [7, 11) is 2.92. The number of hydrogen-bond donors (Lipinski definition) is 1. The Morgan fingerprint density at radius 1 is 1.05 bits per heavy atom. The fraction of sp³-hybridized carbons (Fsp3) is 0.188. The lowest BCUT2D eigenvalue weighted by atomic mass is 10.00. The smallest absolute Gasteiger partial charge is 0.337 e. The molecule has 0 aromatic heterocycles. The van der Waals surface area contributed by atoms with Crippen molar-refractivity contribution in [2.45, 2.75) is 6.10 Å². The van der Waals surface area contributed by atoms with E-state index in [9.17, 15) is 9.90 Å². The molecule has 0 radical (unpaired) electrons. The monoisotopic (exact) mass is 272 g/mol. The highest BCUT2D eigenvalue weighted by Gasteiger charge is 2.13. The summed E-state index contributed by atoms with van der Waals surface area (Å²) < 4.78 is 9.75. The van der Waals surface area contributed by atoms with Gasteiger partial charge in [-0.1, -0.05) is 24.3 Å². The second-order valence-corrected chi connectivity index (χ2v) is 4.29. The Labute approximate surface area is 117 Å². The fourth-order valence-corrected chi connectivity index (χ4v) is 1.93. The number of carbonyl (C=O) groups excluding carboxylic acids is 1. The molecule has 0 heterocycles. The molecule has 0 aliphatic heterocycles. The van der Waals surface area contributed by atoms with Gasteiger partial charge in [0.25, 0.3) is 0 Å². The van der Waals surface area contributed by atoms with Gasteiger partial charge in [0, 0.05) is 0 Å². The molecule has 1 atom stereocenters. The number of aliphatic hydroxyl groups excluding tert-OH is 1. The van der Waals surface area contributed by atoms with Gasteiger partial charge in [0.15, 0.2) is 0 Å². The largest absolute Gasteiger partial charge is 0.497 e. The Kier molecular flexibility index (Phi) is 4.38. The maximum absolute atomic E-state index is 11.5. The van der Waals surface area contributed by atoms with E-state index in [2.05, 4.69) is 4.74 Å². The van der Waals surface area contributed by atoms with E-state index in [1.54, 1.807) is 55.6 Å². The third-order valence-electron chi connectivity index (χ3n) is 3.06. The minimum Gasteiger partial charge on any atom is -0.497 e. The molecule has 0 amide bonds. The van der Waals surface area contributed by atoms with E-state index in [4.69, 9.17) is 4.74 Å². The molecule has 2 aromatic rings. The quantitative estimate of drug-likeness (QED) is 0.869. The first-order valence-electron chi connectivity index (χ1n) is 6.16. The molecule has 0 aliphatic rings. The lowest BCUT2D eigenvalue weighted by Gasteiger charge is -2.13. The topological polar surface area (TPSA) is 55.8 Å². The first-order valence-corrected chi connectivity index (χ1v) is 6.16. The number of benzene rings is 2. The van der Waals surface area contributed by atoms with Crippen LogP contribution in [0.3, 0.4) is 0 Å². The number of hydrogen-bond acceptors (Lipinski definition) is 4. The predicted octanol–water partition coefficient (Wildman–Crippen LogP) is 2.56. The van der Waals surface area contributed by atoms with Gasteiger partial charge in [0.2, 0.25) is 0 Å². The van der Waals surface area contributed by atoms with E-state index in [0.717, 1.165) is 11.3 Å². The van der Waals surface area contributed by atoms with Crippen molar-refractivity contribution in [3.05, 3.63) is 65.2 Å². The molecule has 1 unspecified atom stereocenters. The molecule has 4 heteroatoms. The van der Waals surface area contributed by atoms with Crippen LogP contribution in [0.25, 0.3) is 0 Å². The SMILES string of the molecule is COC(=O)c1cccc(C(O)c2ccc(OC)cc2)c1. The van der Waals surface area contributed by atoms with Crippen molar-refractivity contribution >= 4 is 5.97 Å². The van der Waals surface area contributed by atoms with Crippen LogP contribution in [0.2, 0.25) is 0 Å². The van der Waals surface area contributed by atoms with Gasteiger partial charge < -0.3 is 14.6 Å². The van der Waals surface area contributed by atoms with Gasteiger partial charge in [-0.2, -0.15) is 0 Å². The molecule has 0 saturated heterocycles. The average Bonchev–Trinajstić information content (AvgIpc) is 2.53. The maximum atomic E-state index is 11.5. The van der Waals surface area contributed by atoms with Gasteiger partial charge in [-0.3, -0.25) is 0 Å². The molecule has 0 bridgehead atoms. The first kappa shape index (κ1) is 14.1. The molecular formula is C16H16O4. The van der Waals surface area contributed by atoms with Crippen molar-refractivity contribution in [1.82, 2.24) is 0 Å². The van der Waals surface area contributed by atoms with Crippen molar-refractivity contribution in [1.29, 1.82) is 0 Å². The van der Waals surface area contributed by atoms with Crippen LogP contribution in [0.1, 0.15) is 27.6 Å². The Hall–Kier alpha value is -2.33. The summed E-state index contributed by atoms with van der Waals surface area (Å²) in [5, 5.41) is 10.3. The van der Waals surface area contributed by atoms with Crippen molar-refractivity contribution in [3.63, 3.8) is 0 Å². The molecule has 2 rings (SSSR count). The number of ether oxygens (including phenoxy) is 2. The highest BCUT2D eigenvalue weighted by molar-refractivity contribution is 5.89. The maximum Gasteiger partial charge on any atom is 0.337 e. The molecule has 0 spiro atoms. The van der Waals surface area contributed by atoms with E-state index in [0.29, 0.717) is 11.1 Å². The number of rotatable bonds is 4. The minimum atomic E-state index is -0.800. The zero-order valence-electron chi connectivity index (χ0n) is 11.4. The number of esters is 1. The molecule has 104 valence electrons. The summed E-state index contributed by atoms with van der Waals surface area (Å²) in [6.07, 6.45) is -0.800.